The number of thiophene rings is 1. The minimum absolute atomic E-state index is 0.0283. The van der Waals surface area contributed by atoms with Crippen molar-refractivity contribution in [1.82, 2.24) is 5.32 Å². The van der Waals surface area contributed by atoms with E-state index in [1.807, 2.05) is 61.7 Å². The van der Waals surface area contributed by atoms with Gasteiger partial charge in [0.25, 0.3) is 5.91 Å². The Morgan fingerprint density at radius 1 is 1.03 bits per heavy atom. The predicted octanol–water partition coefficient (Wildman–Crippen LogP) is 5.50. The molecule has 0 fully saturated rings. The number of hydrogen-bond donors (Lipinski definition) is 1. The van der Waals surface area contributed by atoms with Crippen LogP contribution in [-0.4, -0.2) is 25.7 Å². The zero-order valence-electron chi connectivity index (χ0n) is 17.1. The SMILES string of the molecule is COc1ccccc1[C@@H](CCNC(=O)c1cccs1)c1ccc(OC(C)C)cc1. The first-order valence-electron chi connectivity index (χ1n) is 9.79. The molecule has 1 atom stereocenters. The third-order valence-electron chi connectivity index (χ3n) is 4.63. The molecule has 0 aliphatic rings. The van der Waals surface area contributed by atoms with Crippen molar-refractivity contribution in [3.05, 3.63) is 82.0 Å². The van der Waals surface area contributed by atoms with Gasteiger partial charge in [0.05, 0.1) is 18.1 Å². The van der Waals surface area contributed by atoms with Crippen LogP contribution in [0.25, 0.3) is 0 Å². The number of nitrogens with one attached hydrogen (secondary N) is 1. The Hall–Kier alpha value is -2.79. The lowest BCUT2D eigenvalue weighted by Crippen LogP contribution is -2.25. The summed E-state index contributed by atoms with van der Waals surface area (Å²) in [6.07, 6.45) is 0.903. The van der Waals surface area contributed by atoms with Gasteiger partial charge in [0.15, 0.2) is 0 Å². The number of carbonyl (C=O) groups excluding carboxylic acids is 1. The van der Waals surface area contributed by atoms with Gasteiger partial charge < -0.3 is 14.8 Å². The van der Waals surface area contributed by atoms with Gasteiger partial charge >= 0.3 is 0 Å². The van der Waals surface area contributed by atoms with E-state index in [1.54, 1.807) is 7.11 Å². The highest BCUT2D eigenvalue weighted by Crippen LogP contribution is 2.35. The molecule has 1 N–H and O–H groups in total. The Kier molecular flexibility index (Phi) is 7.30. The van der Waals surface area contributed by atoms with Crippen molar-refractivity contribution in [2.24, 2.45) is 0 Å². The highest BCUT2D eigenvalue weighted by molar-refractivity contribution is 7.12. The summed E-state index contributed by atoms with van der Waals surface area (Å²) in [6.45, 7) is 4.60. The molecule has 0 aliphatic heterocycles. The van der Waals surface area contributed by atoms with Gasteiger partial charge in [-0.05, 0) is 55.5 Å². The zero-order valence-corrected chi connectivity index (χ0v) is 17.9. The average Bonchev–Trinajstić information content (AvgIpc) is 3.26. The molecule has 2 aromatic carbocycles. The molecule has 1 amide bonds. The van der Waals surface area contributed by atoms with Crippen molar-refractivity contribution in [3.63, 3.8) is 0 Å². The number of amides is 1. The van der Waals surface area contributed by atoms with Crippen molar-refractivity contribution in [1.29, 1.82) is 0 Å². The monoisotopic (exact) mass is 409 g/mol. The summed E-state index contributed by atoms with van der Waals surface area (Å²) >= 11 is 1.45. The van der Waals surface area contributed by atoms with Gasteiger partial charge in [-0.15, -0.1) is 11.3 Å². The molecular formula is C24H27NO3S. The maximum absolute atomic E-state index is 12.3. The summed E-state index contributed by atoms with van der Waals surface area (Å²) < 4.78 is 11.4. The molecular weight excluding hydrogens is 382 g/mol. The molecule has 0 saturated heterocycles. The smallest absolute Gasteiger partial charge is 0.261 e. The van der Waals surface area contributed by atoms with Gasteiger partial charge in [-0.2, -0.15) is 0 Å². The first-order valence-corrected chi connectivity index (χ1v) is 10.7. The normalized spacial score (nSPS) is 11.9. The number of para-hydroxylation sites is 1. The van der Waals surface area contributed by atoms with Crippen LogP contribution in [0.5, 0.6) is 11.5 Å². The van der Waals surface area contributed by atoms with E-state index in [-0.39, 0.29) is 17.9 Å². The second kappa shape index (κ2) is 10.1. The Balaban J connectivity index is 1.79. The predicted molar refractivity (Wildman–Crippen MR) is 118 cm³/mol. The van der Waals surface area contributed by atoms with Gasteiger partial charge in [-0.3, -0.25) is 4.79 Å². The van der Waals surface area contributed by atoms with Crippen LogP contribution in [0.3, 0.4) is 0 Å². The Morgan fingerprint density at radius 2 is 1.79 bits per heavy atom. The van der Waals surface area contributed by atoms with Crippen molar-refractivity contribution in [2.45, 2.75) is 32.3 Å². The summed E-state index contributed by atoms with van der Waals surface area (Å²) in [5.41, 5.74) is 2.27. The van der Waals surface area contributed by atoms with Crippen molar-refractivity contribution >= 4 is 17.2 Å². The van der Waals surface area contributed by atoms with Crippen LogP contribution in [0.15, 0.2) is 66.0 Å². The fourth-order valence-corrected chi connectivity index (χ4v) is 3.97. The number of rotatable bonds is 9. The fourth-order valence-electron chi connectivity index (χ4n) is 3.33. The molecule has 1 aromatic heterocycles. The molecule has 3 rings (SSSR count). The lowest BCUT2D eigenvalue weighted by atomic mass is 9.88. The van der Waals surface area contributed by atoms with E-state index in [1.165, 1.54) is 11.3 Å². The second-order valence-corrected chi connectivity index (χ2v) is 8.00. The molecule has 29 heavy (non-hydrogen) atoms. The topological polar surface area (TPSA) is 47.6 Å². The second-order valence-electron chi connectivity index (χ2n) is 7.05. The summed E-state index contributed by atoms with van der Waals surface area (Å²) in [4.78, 5) is 13.0. The van der Waals surface area contributed by atoms with Crippen molar-refractivity contribution in [2.75, 3.05) is 13.7 Å². The molecule has 0 radical (unpaired) electrons. The number of ether oxygens (including phenoxy) is 2. The van der Waals surface area contributed by atoms with Crippen LogP contribution in [0.1, 0.15) is 47.0 Å². The van der Waals surface area contributed by atoms with Crippen LogP contribution in [0.4, 0.5) is 0 Å². The Bertz CT molecular complexity index is 904. The molecule has 152 valence electrons. The quantitative estimate of drug-likeness (QED) is 0.508. The lowest BCUT2D eigenvalue weighted by molar-refractivity contribution is 0.0957. The number of hydrogen-bond acceptors (Lipinski definition) is 4. The summed E-state index contributed by atoms with van der Waals surface area (Å²) in [6, 6.07) is 20.0. The number of carbonyl (C=O) groups is 1. The summed E-state index contributed by atoms with van der Waals surface area (Å²) in [5, 5.41) is 4.95. The highest BCUT2D eigenvalue weighted by atomic mass is 32.1. The minimum atomic E-state index is -0.0283. The van der Waals surface area contributed by atoms with Crippen LogP contribution in [0, 0.1) is 0 Å². The van der Waals surface area contributed by atoms with E-state index in [0.717, 1.165) is 33.9 Å². The highest BCUT2D eigenvalue weighted by Gasteiger charge is 2.19. The number of methoxy groups -OCH3 is 1. The van der Waals surface area contributed by atoms with Crippen LogP contribution < -0.4 is 14.8 Å². The maximum Gasteiger partial charge on any atom is 0.261 e. The number of benzene rings is 2. The Labute approximate surface area is 176 Å². The molecule has 4 nitrogen and oxygen atoms in total. The third-order valence-corrected chi connectivity index (χ3v) is 5.50. The fraction of sp³-hybridized carbons (Fsp3) is 0.292. The summed E-state index contributed by atoms with van der Waals surface area (Å²) in [7, 11) is 1.69. The molecule has 0 saturated carbocycles. The van der Waals surface area contributed by atoms with Crippen molar-refractivity contribution < 1.29 is 14.3 Å². The van der Waals surface area contributed by atoms with Crippen LogP contribution in [0.2, 0.25) is 0 Å². The average molecular weight is 410 g/mol. The Morgan fingerprint density at radius 3 is 2.45 bits per heavy atom. The van der Waals surface area contributed by atoms with Crippen LogP contribution in [-0.2, 0) is 0 Å². The zero-order chi connectivity index (χ0) is 20.6. The van der Waals surface area contributed by atoms with E-state index >= 15 is 0 Å². The van der Waals surface area contributed by atoms with Gasteiger partial charge in [0.1, 0.15) is 11.5 Å². The summed E-state index contributed by atoms with van der Waals surface area (Å²) in [5.74, 6) is 1.78. The molecule has 0 unspecified atom stereocenters. The van der Waals surface area contributed by atoms with Gasteiger partial charge in [-0.1, -0.05) is 36.4 Å². The molecule has 1 heterocycles. The van der Waals surface area contributed by atoms with E-state index < -0.39 is 0 Å². The first kappa shape index (κ1) is 20.9. The lowest BCUT2D eigenvalue weighted by Gasteiger charge is -2.21. The van der Waals surface area contributed by atoms with Crippen LogP contribution >= 0.6 is 11.3 Å². The largest absolute Gasteiger partial charge is 0.496 e. The van der Waals surface area contributed by atoms with E-state index in [4.69, 9.17) is 9.47 Å². The van der Waals surface area contributed by atoms with E-state index in [2.05, 4.69) is 23.5 Å². The van der Waals surface area contributed by atoms with Gasteiger partial charge in [0.2, 0.25) is 0 Å². The molecule has 0 aliphatic carbocycles. The van der Waals surface area contributed by atoms with Gasteiger partial charge in [0, 0.05) is 18.0 Å². The van der Waals surface area contributed by atoms with Gasteiger partial charge in [-0.25, -0.2) is 0 Å². The molecule has 5 heteroatoms. The first-order chi connectivity index (χ1) is 14.1. The van der Waals surface area contributed by atoms with E-state index in [0.29, 0.717) is 6.54 Å². The van der Waals surface area contributed by atoms with E-state index in [9.17, 15) is 4.79 Å². The maximum atomic E-state index is 12.3. The molecule has 3 aromatic rings. The van der Waals surface area contributed by atoms with Crippen molar-refractivity contribution in [3.8, 4) is 11.5 Å². The standard InChI is InChI=1S/C24H27NO3S/c1-17(2)28-19-12-10-18(11-13-19)20(21-7-4-5-8-22(21)27-3)14-15-25-24(26)23-9-6-16-29-23/h4-13,16-17,20H,14-15H2,1-3H3,(H,25,26)/t20-/m0/s1. The minimum Gasteiger partial charge on any atom is -0.496 e. The third kappa shape index (κ3) is 5.61. The molecule has 0 spiro atoms. The molecule has 0 bridgehead atoms.